The Hall–Kier alpha value is -1.04. The zero-order chi connectivity index (χ0) is 11.3. The van der Waals surface area contributed by atoms with Crippen LogP contribution in [0.2, 0.25) is 0 Å². The Labute approximate surface area is 93.6 Å². The molecule has 0 aromatic carbocycles. The molecule has 5 nitrogen and oxygen atoms in total. The number of aromatic nitrogens is 3. The third kappa shape index (κ3) is 3.54. The molecule has 84 valence electrons. The monoisotopic (exact) mass is 228 g/mol. The van der Waals surface area contributed by atoms with E-state index < -0.39 is 0 Å². The molecule has 1 aromatic heterocycles. The fourth-order valence-corrected chi connectivity index (χ4v) is 1.80. The molecule has 1 heterocycles. The summed E-state index contributed by atoms with van der Waals surface area (Å²) < 4.78 is 1.80. The maximum Gasteiger partial charge on any atom is 0.233 e. The van der Waals surface area contributed by atoms with E-state index in [1.54, 1.807) is 10.9 Å². The Kier molecular flexibility index (Phi) is 4.61. The standard InChI is InChI=1S/C9H16N4OS/c1-4-5-10-8(14)7(2)15-9-12-11-6-13(9)3/h6-7H,4-5H2,1-3H3,(H,10,14). The predicted molar refractivity (Wildman–Crippen MR) is 59.6 cm³/mol. The highest BCUT2D eigenvalue weighted by Gasteiger charge is 2.15. The van der Waals surface area contributed by atoms with Gasteiger partial charge in [-0.1, -0.05) is 18.7 Å². The number of nitrogens with zero attached hydrogens (tertiary/aromatic N) is 3. The second-order valence-electron chi connectivity index (χ2n) is 3.28. The largest absolute Gasteiger partial charge is 0.355 e. The van der Waals surface area contributed by atoms with E-state index in [1.165, 1.54) is 11.8 Å². The molecule has 1 amide bonds. The molecule has 0 fully saturated rings. The molecule has 15 heavy (non-hydrogen) atoms. The number of nitrogens with one attached hydrogen (secondary N) is 1. The van der Waals surface area contributed by atoms with Crippen molar-refractivity contribution in [2.45, 2.75) is 30.7 Å². The SMILES string of the molecule is CCCNC(=O)C(C)Sc1nncn1C. The lowest BCUT2D eigenvalue weighted by atomic mass is 10.4. The van der Waals surface area contributed by atoms with Crippen molar-refractivity contribution in [3.05, 3.63) is 6.33 Å². The summed E-state index contributed by atoms with van der Waals surface area (Å²) in [6, 6.07) is 0. The maximum atomic E-state index is 11.6. The lowest BCUT2D eigenvalue weighted by molar-refractivity contribution is -0.120. The Bertz CT molecular complexity index is 326. The lowest BCUT2D eigenvalue weighted by Crippen LogP contribution is -2.31. The zero-order valence-corrected chi connectivity index (χ0v) is 10.0. The minimum atomic E-state index is -0.139. The lowest BCUT2D eigenvalue weighted by Gasteiger charge is -2.10. The number of rotatable bonds is 5. The smallest absolute Gasteiger partial charge is 0.233 e. The first-order valence-electron chi connectivity index (χ1n) is 4.93. The van der Waals surface area contributed by atoms with Gasteiger partial charge < -0.3 is 9.88 Å². The molecular weight excluding hydrogens is 212 g/mol. The molecule has 0 aliphatic heterocycles. The van der Waals surface area contributed by atoms with Crippen LogP contribution in [0, 0.1) is 0 Å². The van der Waals surface area contributed by atoms with E-state index in [2.05, 4.69) is 15.5 Å². The topological polar surface area (TPSA) is 59.8 Å². The summed E-state index contributed by atoms with van der Waals surface area (Å²) in [4.78, 5) is 11.6. The quantitative estimate of drug-likeness (QED) is 0.758. The maximum absolute atomic E-state index is 11.6. The van der Waals surface area contributed by atoms with Gasteiger partial charge in [-0.2, -0.15) is 0 Å². The van der Waals surface area contributed by atoms with Gasteiger partial charge in [-0.15, -0.1) is 10.2 Å². The van der Waals surface area contributed by atoms with E-state index in [1.807, 2.05) is 20.9 Å². The molecule has 1 unspecified atom stereocenters. The molecule has 0 aliphatic carbocycles. The van der Waals surface area contributed by atoms with Crippen LogP contribution < -0.4 is 5.32 Å². The minimum absolute atomic E-state index is 0.0462. The van der Waals surface area contributed by atoms with Crippen LogP contribution in [0.3, 0.4) is 0 Å². The van der Waals surface area contributed by atoms with Gasteiger partial charge in [-0.3, -0.25) is 4.79 Å². The van der Waals surface area contributed by atoms with Gasteiger partial charge in [0.25, 0.3) is 0 Å². The summed E-state index contributed by atoms with van der Waals surface area (Å²) in [6.45, 7) is 4.62. The molecular formula is C9H16N4OS. The molecule has 0 radical (unpaired) electrons. The second kappa shape index (κ2) is 5.75. The van der Waals surface area contributed by atoms with Crippen molar-refractivity contribution in [3.8, 4) is 0 Å². The summed E-state index contributed by atoms with van der Waals surface area (Å²) >= 11 is 1.41. The number of carbonyl (C=O) groups excluding carboxylic acids is 1. The van der Waals surface area contributed by atoms with Crippen LogP contribution in [0.25, 0.3) is 0 Å². The Balaban J connectivity index is 2.45. The highest BCUT2D eigenvalue weighted by molar-refractivity contribution is 8.00. The predicted octanol–water partition coefficient (Wildman–Crippen LogP) is 0.822. The molecule has 0 aliphatic rings. The Morgan fingerprint density at radius 1 is 1.73 bits per heavy atom. The first-order chi connectivity index (χ1) is 7.15. The van der Waals surface area contributed by atoms with Crippen molar-refractivity contribution in [2.24, 2.45) is 7.05 Å². The third-order valence-corrected chi connectivity index (χ3v) is 3.02. The van der Waals surface area contributed by atoms with Crippen LogP contribution in [-0.4, -0.2) is 32.5 Å². The molecule has 1 rings (SSSR count). The Morgan fingerprint density at radius 3 is 3.00 bits per heavy atom. The van der Waals surface area contributed by atoms with E-state index in [9.17, 15) is 4.79 Å². The minimum Gasteiger partial charge on any atom is -0.355 e. The number of amides is 1. The first-order valence-corrected chi connectivity index (χ1v) is 5.81. The van der Waals surface area contributed by atoms with E-state index >= 15 is 0 Å². The number of thioether (sulfide) groups is 1. The molecule has 1 atom stereocenters. The van der Waals surface area contributed by atoms with Gasteiger partial charge in [0.1, 0.15) is 6.33 Å². The van der Waals surface area contributed by atoms with Gasteiger partial charge >= 0.3 is 0 Å². The zero-order valence-electron chi connectivity index (χ0n) is 9.23. The first kappa shape index (κ1) is 12.0. The van der Waals surface area contributed by atoms with Gasteiger partial charge in [0, 0.05) is 13.6 Å². The molecule has 0 saturated heterocycles. The Morgan fingerprint density at radius 2 is 2.47 bits per heavy atom. The average molecular weight is 228 g/mol. The van der Waals surface area contributed by atoms with Crippen LogP contribution in [-0.2, 0) is 11.8 Å². The van der Waals surface area contributed by atoms with Crippen LogP contribution in [0.4, 0.5) is 0 Å². The van der Waals surface area contributed by atoms with Crippen LogP contribution in [0.15, 0.2) is 11.5 Å². The average Bonchev–Trinajstić information content (AvgIpc) is 2.61. The van der Waals surface area contributed by atoms with Crippen molar-refractivity contribution >= 4 is 17.7 Å². The van der Waals surface area contributed by atoms with Crippen molar-refractivity contribution in [1.82, 2.24) is 20.1 Å². The number of carbonyl (C=O) groups is 1. The van der Waals surface area contributed by atoms with E-state index in [0.717, 1.165) is 18.1 Å². The summed E-state index contributed by atoms with van der Waals surface area (Å²) in [5.74, 6) is 0.0462. The van der Waals surface area contributed by atoms with E-state index in [-0.39, 0.29) is 11.2 Å². The molecule has 0 bridgehead atoms. The summed E-state index contributed by atoms with van der Waals surface area (Å²) in [5.41, 5.74) is 0. The molecule has 1 aromatic rings. The fourth-order valence-electron chi connectivity index (χ4n) is 0.983. The van der Waals surface area contributed by atoms with Crippen molar-refractivity contribution in [1.29, 1.82) is 0 Å². The van der Waals surface area contributed by atoms with E-state index in [0.29, 0.717) is 0 Å². The second-order valence-corrected chi connectivity index (χ2v) is 4.58. The van der Waals surface area contributed by atoms with Crippen molar-refractivity contribution in [2.75, 3.05) is 6.54 Å². The van der Waals surface area contributed by atoms with Gasteiger partial charge in [0.2, 0.25) is 5.91 Å². The number of hydrogen-bond donors (Lipinski definition) is 1. The highest BCUT2D eigenvalue weighted by Crippen LogP contribution is 2.19. The van der Waals surface area contributed by atoms with Crippen LogP contribution in [0.5, 0.6) is 0 Å². The van der Waals surface area contributed by atoms with Crippen molar-refractivity contribution in [3.63, 3.8) is 0 Å². The van der Waals surface area contributed by atoms with Crippen LogP contribution in [0.1, 0.15) is 20.3 Å². The van der Waals surface area contributed by atoms with Crippen LogP contribution >= 0.6 is 11.8 Å². The number of hydrogen-bond acceptors (Lipinski definition) is 4. The summed E-state index contributed by atoms with van der Waals surface area (Å²) in [5, 5.41) is 11.1. The van der Waals surface area contributed by atoms with Gasteiger partial charge in [-0.25, -0.2) is 0 Å². The van der Waals surface area contributed by atoms with Gasteiger partial charge in [-0.05, 0) is 13.3 Å². The number of aryl methyl sites for hydroxylation is 1. The molecule has 1 N–H and O–H groups in total. The highest BCUT2D eigenvalue weighted by atomic mass is 32.2. The van der Waals surface area contributed by atoms with E-state index in [4.69, 9.17) is 0 Å². The molecule has 6 heteroatoms. The fraction of sp³-hybridized carbons (Fsp3) is 0.667. The van der Waals surface area contributed by atoms with Crippen molar-refractivity contribution < 1.29 is 4.79 Å². The third-order valence-electron chi connectivity index (χ3n) is 1.87. The molecule has 0 saturated carbocycles. The van der Waals surface area contributed by atoms with Gasteiger partial charge in [0.15, 0.2) is 5.16 Å². The van der Waals surface area contributed by atoms with Gasteiger partial charge in [0.05, 0.1) is 5.25 Å². The summed E-state index contributed by atoms with van der Waals surface area (Å²) in [6.07, 6.45) is 2.58. The normalized spacial score (nSPS) is 12.5. The summed E-state index contributed by atoms with van der Waals surface area (Å²) in [7, 11) is 1.86. The molecule has 0 spiro atoms.